The molecule has 0 spiro atoms. The molecular weight excluding hydrogens is 915 g/mol. The number of esters is 1. The number of carbonyl (C=O) groups excluding carboxylic acids is 4. The highest BCUT2D eigenvalue weighted by atomic mass is 28.4. The quantitative estimate of drug-likeness (QED) is 0.0262. The monoisotopic (exact) mass is 988 g/mol. The molecule has 2 atom stereocenters. The summed E-state index contributed by atoms with van der Waals surface area (Å²) in [5.74, 6) is -0.155. The number of nitrogens with zero attached hydrogens (tertiary/aromatic N) is 2. The number of methoxy groups -OCH3 is 2. The Morgan fingerprint density at radius 1 is 0.729 bits per heavy atom. The summed E-state index contributed by atoms with van der Waals surface area (Å²) in [4.78, 5) is 55.7. The molecule has 2 heterocycles. The van der Waals surface area contributed by atoms with Crippen molar-refractivity contribution in [2.45, 2.75) is 97.3 Å². The van der Waals surface area contributed by atoms with Gasteiger partial charge in [-0.3, -0.25) is 14.4 Å². The van der Waals surface area contributed by atoms with Gasteiger partial charge in [-0.05, 0) is 91.3 Å². The van der Waals surface area contributed by atoms with Crippen LogP contribution in [-0.4, -0.2) is 127 Å². The third kappa shape index (κ3) is 14.8. The number of hydrogen-bond donors (Lipinski definition) is 3. The number of hydrogen-bond acceptors (Lipinski definition) is 14. The molecule has 3 amide bonds. The Balaban J connectivity index is 1.30. The summed E-state index contributed by atoms with van der Waals surface area (Å²) in [7, 11) is 0.715. The minimum atomic E-state index is -2.06. The van der Waals surface area contributed by atoms with Gasteiger partial charge in [-0.1, -0.05) is 52.0 Å². The van der Waals surface area contributed by atoms with Crippen LogP contribution < -0.4 is 31.0 Å². The molecule has 2 fully saturated rings. The van der Waals surface area contributed by atoms with E-state index in [9.17, 15) is 19.2 Å². The van der Waals surface area contributed by atoms with Crippen molar-refractivity contribution in [3.8, 4) is 17.2 Å². The van der Waals surface area contributed by atoms with Crippen LogP contribution in [0, 0.1) is 6.92 Å². The molecular formula is C52H73N5O12Si. The normalized spacial score (nSPS) is 16.1. The first kappa shape index (κ1) is 55.0. The molecule has 0 bridgehead atoms. The van der Waals surface area contributed by atoms with Gasteiger partial charge >= 0.3 is 5.97 Å². The third-order valence-corrected chi connectivity index (χ3v) is 17.3. The fourth-order valence-corrected chi connectivity index (χ4v) is 8.93. The summed E-state index contributed by atoms with van der Waals surface area (Å²) in [6.45, 7) is 24.9. The number of rotatable bonds is 24. The van der Waals surface area contributed by atoms with Gasteiger partial charge in [-0.15, -0.1) is 0 Å². The molecule has 5 rings (SSSR count). The van der Waals surface area contributed by atoms with Crippen LogP contribution in [-0.2, 0) is 46.2 Å². The van der Waals surface area contributed by atoms with Gasteiger partial charge in [0, 0.05) is 48.3 Å². The molecule has 2 saturated heterocycles. The van der Waals surface area contributed by atoms with Gasteiger partial charge in [0.05, 0.1) is 64.4 Å². The van der Waals surface area contributed by atoms with Crippen molar-refractivity contribution >= 4 is 49.1 Å². The predicted molar refractivity (Wildman–Crippen MR) is 272 cm³/mol. The summed E-state index contributed by atoms with van der Waals surface area (Å²) >= 11 is 0. The molecule has 18 heteroatoms. The van der Waals surface area contributed by atoms with Crippen molar-refractivity contribution < 1.29 is 56.8 Å². The van der Waals surface area contributed by atoms with Gasteiger partial charge in [0.1, 0.15) is 32.2 Å². The molecule has 0 aliphatic carbocycles. The Labute approximate surface area is 413 Å². The van der Waals surface area contributed by atoms with Crippen LogP contribution >= 0.6 is 0 Å². The average molecular weight is 988 g/mol. The van der Waals surface area contributed by atoms with Gasteiger partial charge in [0.25, 0.3) is 11.8 Å². The highest BCUT2D eigenvalue weighted by molar-refractivity contribution is 6.74. The number of likely N-dealkylation sites (tertiary alicyclic amines) is 2. The molecule has 382 valence electrons. The highest BCUT2D eigenvalue weighted by Crippen LogP contribution is 2.39. The smallest absolute Gasteiger partial charge is 0.331 e. The van der Waals surface area contributed by atoms with Crippen LogP contribution in [0.4, 0.5) is 17.1 Å². The van der Waals surface area contributed by atoms with E-state index < -0.39 is 20.2 Å². The van der Waals surface area contributed by atoms with Gasteiger partial charge < -0.3 is 64.2 Å². The van der Waals surface area contributed by atoms with E-state index in [1.165, 1.54) is 14.2 Å². The first-order valence-corrected chi connectivity index (χ1v) is 26.5. The number of nitrogens with two attached hydrogens (primary N) is 2. The number of nitrogen functional groups attached to an aromatic ring is 2. The minimum absolute atomic E-state index is 0.0223. The lowest BCUT2D eigenvalue weighted by molar-refractivity contribution is -0.146. The Morgan fingerprint density at radius 2 is 1.26 bits per heavy atom. The molecule has 0 unspecified atom stereocenters. The molecule has 0 radical (unpaired) electrons. The lowest BCUT2D eigenvalue weighted by Crippen LogP contribution is -2.46. The average Bonchev–Trinajstić information content (AvgIpc) is 3.89. The summed E-state index contributed by atoms with van der Waals surface area (Å²) < 4.78 is 45.5. The summed E-state index contributed by atoms with van der Waals surface area (Å²) in [5.41, 5.74) is 18.8. The second-order valence-corrected chi connectivity index (χ2v) is 24.1. The highest BCUT2D eigenvalue weighted by Gasteiger charge is 2.40. The maximum Gasteiger partial charge on any atom is 0.331 e. The van der Waals surface area contributed by atoms with Crippen molar-refractivity contribution in [3.05, 3.63) is 94.6 Å². The Bertz CT molecular complexity index is 2380. The lowest BCUT2D eigenvalue weighted by atomic mass is 10.1. The summed E-state index contributed by atoms with van der Waals surface area (Å²) in [6, 6.07) is 11.9. The largest absolute Gasteiger partial charge is 0.493 e. The van der Waals surface area contributed by atoms with Gasteiger partial charge in [-0.2, -0.15) is 0 Å². The number of benzene rings is 3. The molecule has 70 heavy (non-hydrogen) atoms. The SMILES string of the molecule is C=C1C[C@@H](CC)N(C(=O)c2cc(OC)c(OCc3cc(COc4cc(N)c(C(=O)N5CC(=C)C[C@H]5CO[Si](C)(C)C(C)(C)C)cc4C)cc(NC(=O)COCCOCCOCC(=O)OC)c3)cc2N)C1. The van der Waals surface area contributed by atoms with Crippen molar-refractivity contribution in [3.63, 3.8) is 0 Å². The molecule has 0 saturated carbocycles. The Morgan fingerprint density at radius 3 is 1.83 bits per heavy atom. The minimum Gasteiger partial charge on any atom is -0.493 e. The topological polar surface area (TPSA) is 213 Å². The lowest BCUT2D eigenvalue weighted by Gasteiger charge is -2.38. The molecule has 2 aliphatic rings. The number of amides is 3. The second kappa shape index (κ2) is 24.8. The van der Waals surface area contributed by atoms with Crippen molar-refractivity contribution in [2.24, 2.45) is 0 Å². The number of nitrogens with one attached hydrogen (secondary N) is 1. The van der Waals surface area contributed by atoms with Gasteiger partial charge in [-0.25, -0.2) is 4.79 Å². The second-order valence-electron chi connectivity index (χ2n) is 19.3. The van der Waals surface area contributed by atoms with Crippen LogP contribution in [0.1, 0.15) is 84.4 Å². The molecule has 3 aromatic carbocycles. The molecule has 2 aliphatic heterocycles. The Hall–Kier alpha value is -5.92. The first-order chi connectivity index (χ1) is 33.1. The maximum absolute atomic E-state index is 14.1. The van der Waals surface area contributed by atoms with E-state index >= 15 is 0 Å². The van der Waals surface area contributed by atoms with E-state index in [1.54, 1.807) is 41.3 Å². The van der Waals surface area contributed by atoms with Crippen LogP contribution in [0.3, 0.4) is 0 Å². The zero-order valence-corrected chi connectivity index (χ0v) is 43.5. The number of carbonyl (C=O) groups is 4. The van der Waals surface area contributed by atoms with E-state index in [4.69, 9.17) is 44.3 Å². The number of ether oxygens (including phenoxy) is 7. The van der Waals surface area contributed by atoms with E-state index in [0.29, 0.717) is 76.9 Å². The molecule has 3 aromatic rings. The van der Waals surface area contributed by atoms with Gasteiger partial charge in [0.15, 0.2) is 19.8 Å². The maximum atomic E-state index is 14.1. The zero-order valence-electron chi connectivity index (χ0n) is 42.5. The number of anilines is 3. The van der Waals surface area contributed by atoms with E-state index in [2.05, 4.69) is 57.1 Å². The fourth-order valence-electron chi connectivity index (χ4n) is 7.89. The third-order valence-electron chi connectivity index (χ3n) is 12.8. The van der Waals surface area contributed by atoms with E-state index in [1.807, 2.05) is 24.8 Å². The molecule has 5 N–H and O–H groups in total. The fraction of sp³-hybridized carbons (Fsp3) is 0.500. The van der Waals surface area contributed by atoms with Gasteiger partial charge in [0.2, 0.25) is 5.91 Å². The van der Waals surface area contributed by atoms with Crippen LogP contribution in [0.25, 0.3) is 0 Å². The Kier molecular flexibility index (Phi) is 19.5. The van der Waals surface area contributed by atoms with Crippen molar-refractivity contribution in [2.75, 3.05) is 90.3 Å². The molecule has 0 aromatic heterocycles. The van der Waals surface area contributed by atoms with Crippen LogP contribution in [0.2, 0.25) is 18.1 Å². The van der Waals surface area contributed by atoms with E-state index in [0.717, 1.165) is 24.0 Å². The predicted octanol–water partition coefficient (Wildman–Crippen LogP) is 7.46. The molecule has 17 nitrogen and oxygen atoms in total. The summed E-state index contributed by atoms with van der Waals surface area (Å²) in [5, 5.41) is 2.92. The van der Waals surface area contributed by atoms with E-state index in [-0.39, 0.29) is 93.2 Å². The van der Waals surface area contributed by atoms with Crippen LogP contribution in [0.15, 0.2) is 66.8 Å². The summed E-state index contributed by atoms with van der Waals surface area (Å²) in [6.07, 6.45) is 2.21. The van der Waals surface area contributed by atoms with Crippen molar-refractivity contribution in [1.82, 2.24) is 9.80 Å². The first-order valence-electron chi connectivity index (χ1n) is 23.6. The van der Waals surface area contributed by atoms with Crippen molar-refractivity contribution in [1.29, 1.82) is 0 Å². The zero-order chi connectivity index (χ0) is 51.3. The number of aryl methyl sites for hydroxylation is 1. The standard InChI is InChI=1S/C52H73N5O12Si/c1-12-39-17-33(2)26-56(39)51(61)42-23-46(62-8)47(25-44(42)54)68-29-37-20-36(21-38(22-37)55-48(58)31-65-15-13-64-14-16-66-32-49(59)63-9)28-67-45-24-43(53)41(19-35(45)4)50(60)57-27-34(3)18-40(57)30-69-70(10,11)52(5,6)7/h19-25,39-40H,2-3,12-18,26-32,53-54H2,1,4-11H3,(H,55,58)/t39-,40+/m1/s1. The van der Waals surface area contributed by atoms with Crippen LogP contribution in [0.5, 0.6) is 17.2 Å².